The second kappa shape index (κ2) is 5.78. The number of rotatable bonds is 4. The fourth-order valence-electron chi connectivity index (χ4n) is 1.71. The molecule has 0 amide bonds. The van der Waals surface area contributed by atoms with Crippen molar-refractivity contribution >= 4 is 11.4 Å². The molecule has 0 fully saturated rings. The number of anilines is 2. The van der Waals surface area contributed by atoms with Gasteiger partial charge in [-0.25, -0.2) is 0 Å². The van der Waals surface area contributed by atoms with Crippen molar-refractivity contribution in [3.05, 3.63) is 48.0 Å². The van der Waals surface area contributed by atoms with Crippen LogP contribution in [-0.4, -0.2) is 14.2 Å². The Bertz CT molecular complexity index is 601. The van der Waals surface area contributed by atoms with E-state index in [-0.39, 0.29) is 0 Å². The van der Waals surface area contributed by atoms with Gasteiger partial charge in [-0.3, -0.25) is 0 Å². The normalized spacial score (nSPS) is 9.53. The first kappa shape index (κ1) is 12.8. The third-order valence-electron chi connectivity index (χ3n) is 2.69. The zero-order valence-corrected chi connectivity index (χ0v) is 10.8. The molecule has 0 heterocycles. The molecule has 0 atom stereocenters. The Labute approximate surface area is 112 Å². The summed E-state index contributed by atoms with van der Waals surface area (Å²) >= 11 is 0. The van der Waals surface area contributed by atoms with Gasteiger partial charge in [-0.1, -0.05) is 0 Å². The molecule has 2 aromatic rings. The van der Waals surface area contributed by atoms with Crippen LogP contribution < -0.4 is 14.8 Å². The molecule has 2 rings (SSSR count). The minimum atomic E-state index is 0.637. The first-order valence-electron chi connectivity index (χ1n) is 5.76. The first-order chi connectivity index (χ1) is 9.26. The number of benzene rings is 2. The molecule has 0 saturated carbocycles. The summed E-state index contributed by atoms with van der Waals surface area (Å²) in [5.74, 6) is 1.36. The second-order valence-corrected chi connectivity index (χ2v) is 3.88. The van der Waals surface area contributed by atoms with E-state index in [1.165, 1.54) is 0 Å². The van der Waals surface area contributed by atoms with Gasteiger partial charge in [0, 0.05) is 17.4 Å². The van der Waals surface area contributed by atoms with Crippen molar-refractivity contribution in [3.63, 3.8) is 0 Å². The third-order valence-corrected chi connectivity index (χ3v) is 2.69. The summed E-state index contributed by atoms with van der Waals surface area (Å²) in [6.45, 7) is 0. The van der Waals surface area contributed by atoms with E-state index in [0.717, 1.165) is 11.4 Å². The molecule has 4 nitrogen and oxygen atoms in total. The van der Waals surface area contributed by atoms with Crippen LogP contribution >= 0.6 is 0 Å². The van der Waals surface area contributed by atoms with Crippen molar-refractivity contribution in [3.8, 4) is 17.6 Å². The molecule has 96 valence electrons. The van der Waals surface area contributed by atoms with Gasteiger partial charge in [0.2, 0.25) is 0 Å². The Morgan fingerprint density at radius 2 is 1.53 bits per heavy atom. The number of nitrogens with zero attached hydrogens (tertiary/aromatic N) is 1. The van der Waals surface area contributed by atoms with Crippen LogP contribution in [0.1, 0.15) is 5.56 Å². The van der Waals surface area contributed by atoms with Gasteiger partial charge in [0.25, 0.3) is 0 Å². The van der Waals surface area contributed by atoms with Gasteiger partial charge in [-0.05, 0) is 36.4 Å². The number of ether oxygens (including phenoxy) is 2. The average molecular weight is 254 g/mol. The van der Waals surface area contributed by atoms with Gasteiger partial charge in [0.05, 0.1) is 25.9 Å². The summed E-state index contributed by atoms with van der Waals surface area (Å²) in [5, 5.41) is 12.0. The van der Waals surface area contributed by atoms with E-state index >= 15 is 0 Å². The van der Waals surface area contributed by atoms with Crippen LogP contribution in [0.3, 0.4) is 0 Å². The molecule has 0 unspecified atom stereocenters. The van der Waals surface area contributed by atoms with E-state index in [4.69, 9.17) is 14.7 Å². The average Bonchev–Trinajstić information content (AvgIpc) is 2.48. The lowest BCUT2D eigenvalue weighted by molar-refractivity contribution is 0.355. The Morgan fingerprint density at radius 1 is 0.895 bits per heavy atom. The van der Waals surface area contributed by atoms with Gasteiger partial charge in [0.15, 0.2) is 11.5 Å². The van der Waals surface area contributed by atoms with Gasteiger partial charge >= 0.3 is 0 Å². The monoisotopic (exact) mass is 254 g/mol. The Hall–Kier alpha value is -2.67. The molecular formula is C15H14N2O2. The van der Waals surface area contributed by atoms with Gasteiger partial charge in [-0.15, -0.1) is 0 Å². The second-order valence-electron chi connectivity index (χ2n) is 3.88. The minimum Gasteiger partial charge on any atom is -0.493 e. The van der Waals surface area contributed by atoms with Crippen molar-refractivity contribution in [1.82, 2.24) is 0 Å². The summed E-state index contributed by atoms with van der Waals surface area (Å²) in [7, 11) is 3.20. The largest absolute Gasteiger partial charge is 0.493 e. The van der Waals surface area contributed by atoms with Crippen LogP contribution in [0.4, 0.5) is 11.4 Å². The summed E-state index contributed by atoms with van der Waals surface area (Å²) in [5.41, 5.74) is 2.44. The van der Waals surface area contributed by atoms with E-state index in [1.807, 2.05) is 30.3 Å². The van der Waals surface area contributed by atoms with Crippen LogP contribution in [0, 0.1) is 11.3 Å². The minimum absolute atomic E-state index is 0.637. The lowest BCUT2D eigenvalue weighted by Gasteiger charge is -2.11. The van der Waals surface area contributed by atoms with Crippen molar-refractivity contribution < 1.29 is 9.47 Å². The summed E-state index contributed by atoms with van der Waals surface area (Å²) in [4.78, 5) is 0. The summed E-state index contributed by atoms with van der Waals surface area (Å²) < 4.78 is 10.4. The summed E-state index contributed by atoms with van der Waals surface area (Å²) in [6, 6.07) is 14.9. The smallest absolute Gasteiger partial charge is 0.162 e. The lowest BCUT2D eigenvalue weighted by atomic mass is 10.2. The topological polar surface area (TPSA) is 54.3 Å². The molecule has 0 radical (unpaired) electrons. The number of hydrogen-bond acceptors (Lipinski definition) is 4. The molecule has 19 heavy (non-hydrogen) atoms. The van der Waals surface area contributed by atoms with Crippen molar-refractivity contribution in [1.29, 1.82) is 5.26 Å². The van der Waals surface area contributed by atoms with Crippen LogP contribution in [0.15, 0.2) is 42.5 Å². The highest BCUT2D eigenvalue weighted by Crippen LogP contribution is 2.31. The lowest BCUT2D eigenvalue weighted by Crippen LogP contribution is -1.94. The maximum absolute atomic E-state index is 8.74. The van der Waals surface area contributed by atoms with Crippen molar-refractivity contribution in [2.75, 3.05) is 19.5 Å². The number of hydrogen-bond donors (Lipinski definition) is 1. The molecule has 2 aromatic carbocycles. The molecule has 0 aromatic heterocycles. The SMILES string of the molecule is COc1ccc(Nc2ccc(C#N)cc2)cc1OC. The molecule has 0 aliphatic rings. The maximum atomic E-state index is 8.74. The number of nitriles is 1. The van der Waals surface area contributed by atoms with E-state index in [1.54, 1.807) is 26.4 Å². The van der Waals surface area contributed by atoms with Gasteiger partial charge < -0.3 is 14.8 Å². The maximum Gasteiger partial charge on any atom is 0.162 e. The van der Waals surface area contributed by atoms with E-state index in [0.29, 0.717) is 17.1 Å². The first-order valence-corrected chi connectivity index (χ1v) is 5.76. The fourth-order valence-corrected chi connectivity index (χ4v) is 1.71. The zero-order chi connectivity index (χ0) is 13.7. The predicted molar refractivity (Wildman–Crippen MR) is 74.0 cm³/mol. The molecule has 0 saturated heterocycles. The highest BCUT2D eigenvalue weighted by Gasteiger charge is 2.04. The number of nitrogens with one attached hydrogen (secondary N) is 1. The van der Waals surface area contributed by atoms with Crippen molar-refractivity contribution in [2.24, 2.45) is 0 Å². The molecule has 0 bridgehead atoms. The molecule has 4 heteroatoms. The molecule has 0 aliphatic heterocycles. The van der Waals surface area contributed by atoms with E-state index in [2.05, 4.69) is 11.4 Å². The van der Waals surface area contributed by atoms with Gasteiger partial charge in [0.1, 0.15) is 0 Å². The molecular weight excluding hydrogens is 240 g/mol. The van der Waals surface area contributed by atoms with Gasteiger partial charge in [-0.2, -0.15) is 5.26 Å². The van der Waals surface area contributed by atoms with Crippen molar-refractivity contribution in [2.45, 2.75) is 0 Å². The van der Waals surface area contributed by atoms with Crippen LogP contribution in [-0.2, 0) is 0 Å². The highest BCUT2D eigenvalue weighted by molar-refractivity contribution is 5.64. The zero-order valence-electron chi connectivity index (χ0n) is 10.8. The molecule has 0 spiro atoms. The highest BCUT2D eigenvalue weighted by atomic mass is 16.5. The van der Waals surface area contributed by atoms with E-state index in [9.17, 15) is 0 Å². The van der Waals surface area contributed by atoms with Crippen LogP contribution in [0.5, 0.6) is 11.5 Å². The number of methoxy groups -OCH3 is 2. The third kappa shape index (κ3) is 2.96. The van der Waals surface area contributed by atoms with Crippen LogP contribution in [0.2, 0.25) is 0 Å². The molecule has 1 N–H and O–H groups in total. The Kier molecular flexibility index (Phi) is 3.89. The Morgan fingerprint density at radius 3 is 2.11 bits per heavy atom. The standard InChI is InChI=1S/C15H14N2O2/c1-18-14-8-7-13(9-15(14)19-2)17-12-5-3-11(10-16)4-6-12/h3-9,17H,1-2H3. The Balaban J connectivity index is 2.20. The fraction of sp³-hybridized carbons (Fsp3) is 0.133. The van der Waals surface area contributed by atoms with Crippen LogP contribution in [0.25, 0.3) is 0 Å². The molecule has 0 aliphatic carbocycles. The quantitative estimate of drug-likeness (QED) is 0.909. The van der Waals surface area contributed by atoms with E-state index < -0.39 is 0 Å². The summed E-state index contributed by atoms with van der Waals surface area (Å²) in [6.07, 6.45) is 0. The predicted octanol–water partition coefficient (Wildman–Crippen LogP) is 3.32.